The highest BCUT2D eigenvalue weighted by Crippen LogP contribution is 2.42. The predicted molar refractivity (Wildman–Crippen MR) is 122 cm³/mol. The number of ether oxygens (including phenoxy) is 2. The van der Waals surface area contributed by atoms with E-state index in [1.165, 1.54) is 13.5 Å². The fourth-order valence-electron chi connectivity index (χ4n) is 3.28. The van der Waals surface area contributed by atoms with Crippen LogP contribution >= 0.6 is 23.4 Å². The summed E-state index contributed by atoms with van der Waals surface area (Å²) < 4.78 is 11.5. The summed E-state index contributed by atoms with van der Waals surface area (Å²) in [6, 6.07) is 11.1. The number of phenolic OH excluding ortho intramolecular Hbond substituents is 1. The Hall–Kier alpha value is -2.71. The van der Waals surface area contributed by atoms with E-state index < -0.39 is 6.23 Å². The summed E-state index contributed by atoms with van der Waals surface area (Å²) in [5, 5.41) is 22.9. The van der Waals surface area contributed by atoms with Gasteiger partial charge in [0.15, 0.2) is 23.4 Å². The van der Waals surface area contributed by atoms with E-state index in [0.29, 0.717) is 22.3 Å². The van der Waals surface area contributed by atoms with Gasteiger partial charge in [-0.3, -0.25) is 0 Å². The molecule has 4 rings (SSSR count). The van der Waals surface area contributed by atoms with E-state index in [-0.39, 0.29) is 16.5 Å². The topological polar surface area (TPSA) is 89.4 Å². The first-order valence-corrected chi connectivity index (χ1v) is 11.4. The van der Waals surface area contributed by atoms with Gasteiger partial charge in [0, 0.05) is 22.6 Å². The van der Waals surface area contributed by atoms with E-state index in [0.717, 1.165) is 29.8 Å². The Morgan fingerprint density at radius 2 is 2.06 bits per heavy atom. The van der Waals surface area contributed by atoms with Crippen molar-refractivity contribution in [1.82, 2.24) is 15.2 Å². The maximum atomic E-state index is 10.1. The first-order chi connectivity index (χ1) is 15.1. The van der Waals surface area contributed by atoms with Crippen LogP contribution in [0.2, 0.25) is 5.02 Å². The van der Waals surface area contributed by atoms with Crippen LogP contribution in [0.25, 0.3) is 11.3 Å². The third-order valence-electron chi connectivity index (χ3n) is 4.89. The maximum absolute atomic E-state index is 10.1. The molecule has 1 aliphatic heterocycles. The van der Waals surface area contributed by atoms with Crippen LogP contribution in [-0.2, 0) is 0 Å². The predicted octanol–water partition coefficient (Wildman–Crippen LogP) is 5.69. The summed E-state index contributed by atoms with van der Waals surface area (Å²) in [5.41, 5.74) is 2.92. The molecule has 1 atom stereocenters. The Labute approximate surface area is 190 Å². The monoisotopic (exact) mass is 458 g/mol. The fourth-order valence-corrected chi connectivity index (χ4v) is 4.27. The molecule has 0 saturated heterocycles. The second-order valence-corrected chi connectivity index (χ2v) is 8.51. The highest BCUT2D eigenvalue weighted by molar-refractivity contribution is 7.99. The zero-order valence-corrected chi connectivity index (χ0v) is 18.8. The molecule has 2 N–H and O–H groups in total. The third kappa shape index (κ3) is 4.65. The molecule has 0 bridgehead atoms. The second kappa shape index (κ2) is 9.62. The van der Waals surface area contributed by atoms with Crippen molar-refractivity contribution in [2.24, 2.45) is 0 Å². The number of methoxy groups -OCH3 is 1. The molecule has 1 aliphatic rings. The SMILES string of the molecule is CCCCCSc1nnc2c(n1)O[C@H](c1cc(Cl)c(O)c(OC)c1)Nc1ccccc1-2. The summed E-state index contributed by atoms with van der Waals surface area (Å²) in [7, 11) is 1.47. The van der Waals surface area contributed by atoms with Gasteiger partial charge < -0.3 is 19.9 Å². The molecule has 2 heterocycles. The van der Waals surface area contributed by atoms with E-state index in [2.05, 4.69) is 27.4 Å². The molecular formula is C22H23ClN4O3S. The van der Waals surface area contributed by atoms with Crippen LogP contribution in [0.15, 0.2) is 41.6 Å². The fraction of sp³-hybridized carbons (Fsp3) is 0.318. The molecule has 7 nitrogen and oxygen atoms in total. The Bertz CT molecular complexity index is 1080. The molecule has 0 saturated carbocycles. The van der Waals surface area contributed by atoms with Crippen molar-refractivity contribution in [1.29, 1.82) is 0 Å². The number of fused-ring (bicyclic) bond motifs is 3. The minimum absolute atomic E-state index is 0.114. The summed E-state index contributed by atoms with van der Waals surface area (Å²) in [6.45, 7) is 2.17. The molecule has 162 valence electrons. The van der Waals surface area contributed by atoms with Gasteiger partial charge in [-0.2, -0.15) is 4.98 Å². The molecule has 0 aliphatic carbocycles. The normalized spacial score (nSPS) is 14.6. The molecule has 3 aromatic rings. The van der Waals surface area contributed by atoms with Crippen molar-refractivity contribution in [2.45, 2.75) is 37.6 Å². The number of anilines is 1. The molecule has 0 unspecified atom stereocenters. The number of hydrogen-bond donors (Lipinski definition) is 2. The number of rotatable bonds is 7. The Morgan fingerprint density at radius 1 is 1.23 bits per heavy atom. The van der Waals surface area contributed by atoms with E-state index in [1.807, 2.05) is 24.3 Å². The van der Waals surface area contributed by atoms with E-state index >= 15 is 0 Å². The van der Waals surface area contributed by atoms with Gasteiger partial charge in [0.25, 0.3) is 0 Å². The number of halogens is 1. The highest BCUT2D eigenvalue weighted by atomic mass is 35.5. The van der Waals surface area contributed by atoms with Crippen LogP contribution in [0.5, 0.6) is 17.4 Å². The number of benzene rings is 2. The van der Waals surface area contributed by atoms with E-state index in [9.17, 15) is 5.11 Å². The Morgan fingerprint density at radius 3 is 2.87 bits per heavy atom. The van der Waals surface area contributed by atoms with Crippen LogP contribution in [0.3, 0.4) is 0 Å². The lowest BCUT2D eigenvalue weighted by Crippen LogP contribution is -2.17. The number of aromatic nitrogens is 3. The summed E-state index contributed by atoms with van der Waals surface area (Å²) in [4.78, 5) is 4.64. The zero-order chi connectivity index (χ0) is 21.8. The third-order valence-corrected chi connectivity index (χ3v) is 6.10. The summed E-state index contributed by atoms with van der Waals surface area (Å²) in [6.07, 6.45) is 2.81. The molecule has 0 spiro atoms. The van der Waals surface area contributed by atoms with Crippen molar-refractivity contribution in [2.75, 3.05) is 18.2 Å². The van der Waals surface area contributed by atoms with Gasteiger partial charge in [0.2, 0.25) is 11.0 Å². The van der Waals surface area contributed by atoms with Gasteiger partial charge in [-0.05, 0) is 24.6 Å². The Balaban J connectivity index is 1.72. The standard InChI is InChI=1S/C22H23ClN4O3S/c1-3-4-7-10-31-22-25-21-18(26-27-22)14-8-5-6-9-16(14)24-20(30-21)13-11-15(23)19(28)17(12-13)29-2/h5-6,8-9,11-12,20,24,28H,3-4,7,10H2,1-2H3/t20-/m1/s1. The molecule has 2 aromatic carbocycles. The second-order valence-electron chi connectivity index (χ2n) is 7.05. The van der Waals surface area contributed by atoms with Crippen LogP contribution < -0.4 is 14.8 Å². The van der Waals surface area contributed by atoms with Gasteiger partial charge in [-0.15, -0.1) is 10.2 Å². The van der Waals surface area contributed by atoms with Crippen molar-refractivity contribution in [3.8, 4) is 28.6 Å². The average molecular weight is 459 g/mol. The maximum Gasteiger partial charge on any atom is 0.247 e. The number of nitrogens with one attached hydrogen (secondary N) is 1. The largest absolute Gasteiger partial charge is 0.503 e. The van der Waals surface area contributed by atoms with Crippen LogP contribution in [0, 0.1) is 0 Å². The number of nitrogens with zero attached hydrogens (tertiary/aromatic N) is 3. The van der Waals surface area contributed by atoms with Crippen molar-refractivity contribution in [3.05, 3.63) is 47.0 Å². The van der Waals surface area contributed by atoms with E-state index in [4.69, 9.17) is 21.1 Å². The minimum atomic E-state index is -0.621. The van der Waals surface area contributed by atoms with Gasteiger partial charge in [-0.25, -0.2) is 0 Å². The number of aromatic hydroxyl groups is 1. The molecular weight excluding hydrogens is 436 g/mol. The number of unbranched alkanes of at least 4 members (excludes halogenated alkanes) is 2. The first-order valence-electron chi connectivity index (χ1n) is 10.1. The van der Waals surface area contributed by atoms with Crippen molar-refractivity contribution in [3.63, 3.8) is 0 Å². The molecule has 0 fully saturated rings. The average Bonchev–Trinajstić information content (AvgIpc) is 2.95. The molecule has 31 heavy (non-hydrogen) atoms. The van der Waals surface area contributed by atoms with Crippen molar-refractivity contribution < 1.29 is 14.6 Å². The molecule has 9 heteroatoms. The zero-order valence-electron chi connectivity index (χ0n) is 17.3. The van der Waals surface area contributed by atoms with Gasteiger partial charge in [0.05, 0.1) is 12.1 Å². The lowest BCUT2D eigenvalue weighted by Gasteiger charge is -2.20. The molecule has 0 amide bonds. The number of phenols is 1. The number of thioether (sulfide) groups is 1. The number of para-hydroxylation sites is 1. The lowest BCUT2D eigenvalue weighted by molar-refractivity contribution is 0.224. The van der Waals surface area contributed by atoms with Gasteiger partial charge in [0.1, 0.15) is 0 Å². The summed E-state index contributed by atoms with van der Waals surface area (Å²) >= 11 is 7.78. The smallest absolute Gasteiger partial charge is 0.247 e. The quantitative estimate of drug-likeness (QED) is 0.344. The lowest BCUT2D eigenvalue weighted by atomic mass is 10.1. The first kappa shape index (κ1) is 21.5. The number of hydrogen-bond acceptors (Lipinski definition) is 8. The van der Waals surface area contributed by atoms with Gasteiger partial charge >= 0.3 is 0 Å². The summed E-state index contributed by atoms with van der Waals surface area (Å²) in [5.74, 6) is 1.46. The van der Waals surface area contributed by atoms with Crippen LogP contribution in [0.4, 0.5) is 5.69 Å². The molecule has 1 aromatic heterocycles. The highest BCUT2D eigenvalue weighted by Gasteiger charge is 2.27. The van der Waals surface area contributed by atoms with Crippen LogP contribution in [0.1, 0.15) is 38.0 Å². The van der Waals surface area contributed by atoms with Crippen LogP contribution in [-0.4, -0.2) is 33.2 Å². The van der Waals surface area contributed by atoms with Crippen molar-refractivity contribution >= 4 is 29.1 Å². The molecule has 0 radical (unpaired) electrons. The minimum Gasteiger partial charge on any atom is -0.503 e. The van der Waals surface area contributed by atoms with Gasteiger partial charge in [-0.1, -0.05) is 61.3 Å². The van der Waals surface area contributed by atoms with E-state index in [1.54, 1.807) is 23.9 Å². The Kier molecular flexibility index (Phi) is 6.67.